The predicted octanol–water partition coefficient (Wildman–Crippen LogP) is 2.87. The smallest absolute Gasteiger partial charge is 0.253 e. The standard InChI is InChI=1S/C20H20FN5OS/c21-17-7-2-1-5-15(17)13-26-11-12-28-20(26)24-18(27)16-6-3-10-25(14-16)19-22-8-4-9-23-19/h1-2,4-5,7-9,11-12,16H,3,6,10,13-14H2. The van der Waals surface area contributed by atoms with E-state index in [1.165, 1.54) is 17.4 Å². The van der Waals surface area contributed by atoms with E-state index in [0.717, 1.165) is 19.4 Å². The number of anilines is 1. The van der Waals surface area contributed by atoms with Gasteiger partial charge in [-0.05, 0) is 25.0 Å². The second kappa shape index (κ2) is 8.43. The summed E-state index contributed by atoms with van der Waals surface area (Å²) in [7, 11) is 0. The first-order chi connectivity index (χ1) is 13.7. The van der Waals surface area contributed by atoms with Gasteiger partial charge in [0.1, 0.15) is 5.82 Å². The molecule has 4 rings (SSSR count). The summed E-state index contributed by atoms with van der Waals surface area (Å²) < 4.78 is 15.8. The van der Waals surface area contributed by atoms with Gasteiger partial charge in [0.15, 0.2) is 4.80 Å². The van der Waals surface area contributed by atoms with E-state index < -0.39 is 0 Å². The molecule has 0 N–H and O–H groups in total. The summed E-state index contributed by atoms with van der Waals surface area (Å²) in [4.78, 5) is 28.3. The lowest BCUT2D eigenvalue weighted by Crippen LogP contribution is -2.39. The van der Waals surface area contributed by atoms with Crippen LogP contribution in [0.15, 0.2) is 59.3 Å². The maximum absolute atomic E-state index is 13.9. The third-order valence-corrected chi connectivity index (χ3v) is 5.56. The number of aromatic nitrogens is 3. The largest absolute Gasteiger partial charge is 0.340 e. The Balaban J connectivity index is 1.51. The van der Waals surface area contributed by atoms with Gasteiger partial charge in [0.25, 0.3) is 5.91 Å². The zero-order valence-electron chi connectivity index (χ0n) is 15.2. The van der Waals surface area contributed by atoms with Crippen LogP contribution in [-0.4, -0.2) is 33.5 Å². The van der Waals surface area contributed by atoms with Gasteiger partial charge in [-0.1, -0.05) is 18.2 Å². The van der Waals surface area contributed by atoms with Crippen LogP contribution in [0.1, 0.15) is 18.4 Å². The molecule has 3 heterocycles. The van der Waals surface area contributed by atoms with Crippen LogP contribution in [0.4, 0.5) is 10.3 Å². The predicted molar refractivity (Wildman–Crippen MR) is 105 cm³/mol. The van der Waals surface area contributed by atoms with E-state index in [-0.39, 0.29) is 17.6 Å². The first-order valence-electron chi connectivity index (χ1n) is 9.18. The molecule has 1 amide bonds. The lowest BCUT2D eigenvalue weighted by molar-refractivity contribution is -0.122. The Morgan fingerprint density at radius 3 is 2.89 bits per heavy atom. The lowest BCUT2D eigenvalue weighted by atomic mass is 9.98. The van der Waals surface area contributed by atoms with Crippen LogP contribution in [0.5, 0.6) is 0 Å². The molecule has 0 radical (unpaired) electrons. The van der Waals surface area contributed by atoms with E-state index in [4.69, 9.17) is 0 Å². The van der Waals surface area contributed by atoms with Gasteiger partial charge in [-0.15, -0.1) is 11.3 Å². The third-order valence-electron chi connectivity index (χ3n) is 4.77. The van der Waals surface area contributed by atoms with Crippen molar-refractivity contribution >= 4 is 23.2 Å². The molecule has 0 spiro atoms. The van der Waals surface area contributed by atoms with Crippen molar-refractivity contribution in [2.24, 2.45) is 10.9 Å². The first kappa shape index (κ1) is 18.5. The highest BCUT2D eigenvalue weighted by atomic mass is 32.1. The number of piperidine rings is 1. The topological polar surface area (TPSA) is 63.4 Å². The summed E-state index contributed by atoms with van der Waals surface area (Å²) in [5.74, 6) is 0.0435. The fourth-order valence-electron chi connectivity index (χ4n) is 3.32. The van der Waals surface area contributed by atoms with Gasteiger partial charge in [-0.25, -0.2) is 14.4 Å². The second-order valence-electron chi connectivity index (χ2n) is 6.69. The maximum Gasteiger partial charge on any atom is 0.253 e. The minimum absolute atomic E-state index is 0.148. The number of nitrogens with zero attached hydrogens (tertiary/aromatic N) is 5. The highest BCUT2D eigenvalue weighted by molar-refractivity contribution is 7.07. The van der Waals surface area contributed by atoms with Gasteiger partial charge >= 0.3 is 0 Å². The Bertz CT molecular complexity index is 1020. The molecule has 1 saturated heterocycles. The van der Waals surface area contributed by atoms with Crippen LogP contribution < -0.4 is 9.70 Å². The molecule has 8 heteroatoms. The molecule has 144 valence electrons. The molecule has 1 atom stereocenters. The summed E-state index contributed by atoms with van der Waals surface area (Å²) in [5.41, 5.74) is 0.569. The Kier molecular flexibility index (Phi) is 5.57. The van der Waals surface area contributed by atoms with Crippen LogP contribution in [0.25, 0.3) is 0 Å². The van der Waals surface area contributed by atoms with E-state index in [0.29, 0.717) is 29.4 Å². The minimum Gasteiger partial charge on any atom is -0.340 e. The summed E-state index contributed by atoms with van der Waals surface area (Å²) in [5, 5.41) is 1.86. The van der Waals surface area contributed by atoms with Crippen molar-refractivity contribution in [1.29, 1.82) is 0 Å². The average molecular weight is 397 g/mol. The zero-order valence-corrected chi connectivity index (χ0v) is 16.1. The molecule has 28 heavy (non-hydrogen) atoms. The number of halogens is 1. The van der Waals surface area contributed by atoms with Crippen molar-refractivity contribution in [1.82, 2.24) is 14.5 Å². The second-order valence-corrected chi connectivity index (χ2v) is 7.56. The molecular weight excluding hydrogens is 377 g/mol. The van der Waals surface area contributed by atoms with Crippen LogP contribution in [0, 0.1) is 11.7 Å². The van der Waals surface area contributed by atoms with Crippen LogP contribution in [-0.2, 0) is 11.3 Å². The number of rotatable bonds is 4. The van der Waals surface area contributed by atoms with Crippen molar-refractivity contribution in [3.8, 4) is 0 Å². The van der Waals surface area contributed by atoms with Crippen molar-refractivity contribution in [2.75, 3.05) is 18.0 Å². The summed E-state index contributed by atoms with van der Waals surface area (Å²) >= 11 is 1.38. The zero-order chi connectivity index (χ0) is 19.3. The van der Waals surface area contributed by atoms with Crippen molar-refractivity contribution < 1.29 is 9.18 Å². The Morgan fingerprint density at radius 2 is 2.07 bits per heavy atom. The fourth-order valence-corrected chi connectivity index (χ4v) is 4.05. The van der Waals surface area contributed by atoms with Crippen LogP contribution in [0.2, 0.25) is 0 Å². The van der Waals surface area contributed by atoms with Crippen LogP contribution >= 0.6 is 11.3 Å². The monoisotopic (exact) mass is 397 g/mol. The summed E-state index contributed by atoms with van der Waals surface area (Å²) in [6, 6.07) is 8.42. The maximum atomic E-state index is 13.9. The van der Waals surface area contributed by atoms with Gasteiger partial charge < -0.3 is 9.47 Å². The van der Waals surface area contributed by atoms with Crippen molar-refractivity contribution in [3.05, 3.63) is 70.5 Å². The van der Waals surface area contributed by atoms with Crippen LogP contribution in [0.3, 0.4) is 0 Å². The van der Waals surface area contributed by atoms with E-state index in [9.17, 15) is 9.18 Å². The number of carbonyl (C=O) groups excluding carboxylic acids is 1. The van der Waals surface area contributed by atoms with E-state index in [1.54, 1.807) is 36.7 Å². The molecule has 1 aliphatic rings. The van der Waals surface area contributed by atoms with Gasteiger partial charge in [0.05, 0.1) is 12.5 Å². The Morgan fingerprint density at radius 1 is 1.25 bits per heavy atom. The number of carbonyl (C=O) groups is 1. The highest BCUT2D eigenvalue weighted by Crippen LogP contribution is 2.21. The third kappa shape index (κ3) is 4.17. The Labute approximate surface area is 166 Å². The van der Waals surface area contributed by atoms with E-state index in [2.05, 4.69) is 15.0 Å². The molecule has 3 aromatic rings. The SMILES string of the molecule is O=C(N=c1sccn1Cc1ccccc1F)C1CCCN(c2ncccn2)C1. The van der Waals surface area contributed by atoms with Crippen molar-refractivity contribution in [3.63, 3.8) is 0 Å². The number of benzene rings is 1. The molecule has 0 saturated carbocycles. The van der Waals surface area contributed by atoms with Gasteiger partial charge in [-0.2, -0.15) is 4.99 Å². The molecular formula is C20H20FN5OS. The number of amides is 1. The highest BCUT2D eigenvalue weighted by Gasteiger charge is 2.27. The quantitative estimate of drug-likeness (QED) is 0.679. The van der Waals surface area contributed by atoms with E-state index >= 15 is 0 Å². The first-order valence-corrected chi connectivity index (χ1v) is 10.1. The molecule has 6 nitrogen and oxygen atoms in total. The molecule has 1 aliphatic heterocycles. The molecule has 1 unspecified atom stereocenters. The van der Waals surface area contributed by atoms with Crippen molar-refractivity contribution in [2.45, 2.75) is 19.4 Å². The lowest BCUT2D eigenvalue weighted by Gasteiger charge is -2.30. The molecule has 2 aromatic heterocycles. The molecule has 0 bridgehead atoms. The minimum atomic E-state index is -0.260. The van der Waals surface area contributed by atoms with Gasteiger partial charge in [0.2, 0.25) is 5.95 Å². The Hall–Kier alpha value is -2.87. The van der Waals surface area contributed by atoms with Gasteiger partial charge in [0, 0.05) is 42.6 Å². The number of thiazole rings is 1. The van der Waals surface area contributed by atoms with E-state index in [1.807, 2.05) is 21.0 Å². The molecule has 0 aliphatic carbocycles. The number of hydrogen-bond acceptors (Lipinski definition) is 5. The number of hydrogen-bond donors (Lipinski definition) is 0. The molecule has 1 aromatic carbocycles. The fraction of sp³-hybridized carbons (Fsp3) is 0.300. The average Bonchev–Trinajstić information content (AvgIpc) is 3.17. The summed E-state index contributed by atoms with van der Waals surface area (Å²) in [6.07, 6.45) is 6.92. The summed E-state index contributed by atoms with van der Waals surface area (Å²) in [6.45, 7) is 1.74. The van der Waals surface area contributed by atoms with Gasteiger partial charge in [-0.3, -0.25) is 4.79 Å². The molecule has 1 fully saturated rings. The normalized spacial score (nSPS) is 17.7.